The summed E-state index contributed by atoms with van der Waals surface area (Å²) in [5.74, 6) is -0.238. The molecule has 1 aromatic heterocycles. The molecule has 0 fully saturated rings. The normalized spacial score (nSPS) is 10.5. The van der Waals surface area contributed by atoms with E-state index in [1.807, 2.05) is 0 Å². The average Bonchev–Trinajstić information content (AvgIpc) is 2.63. The van der Waals surface area contributed by atoms with E-state index in [0.717, 1.165) is 12.0 Å². The number of H-pyrrole nitrogens is 1. The zero-order valence-electron chi connectivity index (χ0n) is 8.11. The van der Waals surface area contributed by atoms with Gasteiger partial charge in [0.15, 0.2) is 0 Å². The van der Waals surface area contributed by atoms with Crippen molar-refractivity contribution in [3.8, 4) is 0 Å². The second kappa shape index (κ2) is 4.13. The highest BCUT2D eigenvalue weighted by Gasteiger charge is 1.97. The summed E-state index contributed by atoms with van der Waals surface area (Å²) < 4.78 is 14.2. The predicted molar refractivity (Wildman–Crippen MR) is 55.2 cm³/mol. The van der Waals surface area contributed by atoms with Crippen LogP contribution in [0.3, 0.4) is 0 Å². The number of nitrogens with zero attached hydrogens (tertiary/aromatic N) is 1. The van der Waals surface area contributed by atoms with Crippen LogP contribution in [0, 0.1) is 5.82 Å². The summed E-state index contributed by atoms with van der Waals surface area (Å²) in [6.45, 7) is 0.605. The smallest absolute Gasteiger partial charge is 0.313 e. The molecule has 0 unspecified atom stereocenters. The Hall–Kier alpha value is -1.84. The molecule has 0 bridgehead atoms. The minimum atomic E-state index is -0.238. The monoisotopic (exact) mass is 206 g/mol. The number of halogens is 1. The van der Waals surface area contributed by atoms with Gasteiger partial charge in [-0.15, -0.1) is 0 Å². The van der Waals surface area contributed by atoms with Gasteiger partial charge in [-0.2, -0.15) is 0 Å². The van der Waals surface area contributed by atoms with Crippen molar-refractivity contribution in [2.24, 2.45) is 0 Å². The molecule has 0 aliphatic heterocycles. The minimum absolute atomic E-state index is 0.114. The van der Waals surface area contributed by atoms with Gasteiger partial charge < -0.3 is 4.98 Å². The summed E-state index contributed by atoms with van der Waals surface area (Å²) in [5.41, 5.74) is 0.904. The maximum atomic E-state index is 12.6. The molecule has 3 nitrogen and oxygen atoms in total. The molecular weight excluding hydrogens is 195 g/mol. The van der Waals surface area contributed by atoms with Crippen molar-refractivity contribution in [3.05, 3.63) is 58.5 Å². The van der Waals surface area contributed by atoms with Crippen LogP contribution in [0.2, 0.25) is 0 Å². The third-order valence-corrected chi connectivity index (χ3v) is 2.28. The lowest BCUT2D eigenvalue weighted by Crippen LogP contribution is -2.17. The van der Waals surface area contributed by atoms with Crippen molar-refractivity contribution in [2.45, 2.75) is 13.0 Å². The molecule has 1 aromatic carbocycles. The van der Waals surface area contributed by atoms with Gasteiger partial charge in [0.2, 0.25) is 0 Å². The SMILES string of the molecule is O=c1[nH]ccn1CCc1ccc(F)cc1. The fourth-order valence-corrected chi connectivity index (χ4v) is 1.43. The van der Waals surface area contributed by atoms with Crippen molar-refractivity contribution in [3.63, 3.8) is 0 Å². The van der Waals surface area contributed by atoms with E-state index in [0.29, 0.717) is 6.54 Å². The van der Waals surface area contributed by atoms with Gasteiger partial charge in [-0.25, -0.2) is 9.18 Å². The molecule has 0 atom stereocenters. The second-order valence-corrected chi connectivity index (χ2v) is 3.34. The molecule has 0 amide bonds. The van der Waals surface area contributed by atoms with Crippen molar-refractivity contribution in [1.29, 1.82) is 0 Å². The molecule has 15 heavy (non-hydrogen) atoms. The number of hydrogen-bond acceptors (Lipinski definition) is 1. The highest BCUT2D eigenvalue weighted by molar-refractivity contribution is 5.15. The van der Waals surface area contributed by atoms with Gasteiger partial charge in [0.05, 0.1) is 0 Å². The molecule has 1 N–H and O–H groups in total. The molecule has 2 aromatic rings. The minimum Gasteiger partial charge on any atom is -0.313 e. The Labute approximate surface area is 86.2 Å². The third kappa shape index (κ3) is 2.34. The van der Waals surface area contributed by atoms with Crippen molar-refractivity contribution in [1.82, 2.24) is 9.55 Å². The molecule has 4 heteroatoms. The van der Waals surface area contributed by atoms with E-state index >= 15 is 0 Å². The Kier molecular flexibility index (Phi) is 2.67. The molecule has 2 rings (SSSR count). The summed E-state index contributed by atoms with van der Waals surface area (Å²) in [5, 5.41) is 0. The molecule has 0 saturated carbocycles. The topological polar surface area (TPSA) is 37.8 Å². The number of rotatable bonds is 3. The van der Waals surface area contributed by atoms with Crippen LogP contribution < -0.4 is 5.69 Å². The van der Waals surface area contributed by atoms with Gasteiger partial charge in [0.1, 0.15) is 5.82 Å². The number of hydrogen-bond donors (Lipinski definition) is 1. The van der Waals surface area contributed by atoms with Crippen LogP contribution in [-0.4, -0.2) is 9.55 Å². The predicted octanol–water partition coefficient (Wildman–Crippen LogP) is 1.56. The van der Waals surface area contributed by atoms with Crippen LogP contribution >= 0.6 is 0 Å². The van der Waals surface area contributed by atoms with Crippen LogP contribution in [0.1, 0.15) is 5.56 Å². The van der Waals surface area contributed by atoms with Crippen molar-refractivity contribution < 1.29 is 4.39 Å². The maximum absolute atomic E-state index is 12.6. The molecule has 0 saturated heterocycles. The van der Waals surface area contributed by atoms with Gasteiger partial charge >= 0.3 is 5.69 Å². The molecule has 78 valence electrons. The second-order valence-electron chi connectivity index (χ2n) is 3.34. The van der Waals surface area contributed by atoms with Crippen LogP contribution in [0.15, 0.2) is 41.5 Å². The molecule has 0 spiro atoms. The number of aromatic nitrogens is 2. The Morgan fingerprint density at radius 2 is 2.00 bits per heavy atom. The molecule has 0 aliphatic rings. The fourth-order valence-electron chi connectivity index (χ4n) is 1.43. The highest BCUT2D eigenvalue weighted by Crippen LogP contribution is 2.04. The molecular formula is C11H11FN2O. The summed E-state index contributed by atoms with van der Waals surface area (Å²) in [6.07, 6.45) is 4.02. The van der Waals surface area contributed by atoms with E-state index < -0.39 is 0 Å². The van der Waals surface area contributed by atoms with Gasteiger partial charge in [0.25, 0.3) is 0 Å². The van der Waals surface area contributed by atoms with Gasteiger partial charge in [-0.05, 0) is 24.1 Å². The number of benzene rings is 1. The van der Waals surface area contributed by atoms with Gasteiger partial charge in [0, 0.05) is 18.9 Å². The van der Waals surface area contributed by atoms with Crippen LogP contribution in [-0.2, 0) is 13.0 Å². The van der Waals surface area contributed by atoms with Crippen LogP contribution in [0.5, 0.6) is 0 Å². The quantitative estimate of drug-likeness (QED) is 0.813. The lowest BCUT2D eigenvalue weighted by molar-refractivity contribution is 0.624. The maximum Gasteiger partial charge on any atom is 0.325 e. The lowest BCUT2D eigenvalue weighted by atomic mass is 10.1. The summed E-state index contributed by atoms with van der Waals surface area (Å²) in [6, 6.07) is 6.31. The Balaban J connectivity index is 2.02. The zero-order valence-corrected chi connectivity index (χ0v) is 8.11. The van der Waals surface area contributed by atoms with E-state index in [4.69, 9.17) is 0 Å². The number of nitrogens with one attached hydrogen (secondary N) is 1. The number of imidazole rings is 1. The summed E-state index contributed by atoms with van der Waals surface area (Å²) in [4.78, 5) is 13.7. The van der Waals surface area contributed by atoms with E-state index in [1.165, 1.54) is 12.1 Å². The number of aromatic amines is 1. The van der Waals surface area contributed by atoms with E-state index in [9.17, 15) is 9.18 Å². The first-order valence-electron chi connectivity index (χ1n) is 4.74. The van der Waals surface area contributed by atoms with E-state index in [1.54, 1.807) is 29.1 Å². The molecule has 0 radical (unpaired) electrons. The Morgan fingerprint density at radius 3 is 2.60 bits per heavy atom. The first-order valence-corrected chi connectivity index (χ1v) is 4.74. The van der Waals surface area contributed by atoms with Crippen LogP contribution in [0.4, 0.5) is 4.39 Å². The van der Waals surface area contributed by atoms with Gasteiger partial charge in [-0.3, -0.25) is 4.57 Å². The first kappa shape index (κ1) is 9.71. The Bertz CT molecular complexity index is 484. The van der Waals surface area contributed by atoms with E-state index in [2.05, 4.69) is 4.98 Å². The third-order valence-electron chi connectivity index (χ3n) is 2.28. The molecule has 0 aliphatic carbocycles. The van der Waals surface area contributed by atoms with Gasteiger partial charge in [-0.1, -0.05) is 12.1 Å². The fraction of sp³-hybridized carbons (Fsp3) is 0.182. The largest absolute Gasteiger partial charge is 0.325 e. The number of aryl methyl sites for hydroxylation is 2. The summed E-state index contributed by atoms with van der Waals surface area (Å²) in [7, 11) is 0. The molecule has 1 heterocycles. The van der Waals surface area contributed by atoms with Crippen molar-refractivity contribution >= 4 is 0 Å². The summed E-state index contributed by atoms with van der Waals surface area (Å²) >= 11 is 0. The zero-order chi connectivity index (χ0) is 10.7. The van der Waals surface area contributed by atoms with E-state index in [-0.39, 0.29) is 11.5 Å². The van der Waals surface area contributed by atoms with Crippen LogP contribution in [0.25, 0.3) is 0 Å². The Morgan fingerprint density at radius 1 is 1.27 bits per heavy atom. The first-order chi connectivity index (χ1) is 7.25. The van der Waals surface area contributed by atoms with Crippen molar-refractivity contribution in [2.75, 3.05) is 0 Å². The highest BCUT2D eigenvalue weighted by atomic mass is 19.1. The average molecular weight is 206 g/mol. The standard InChI is InChI=1S/C11H11FN2O/c12-10-3-1-9(2-4-10)5-7-14-8-6-13-11(14)15/h1-4,6,8H,5,7H2,(H,13,15). The lowest BCUT2D eigenvalue weighted by Gasteiger charge is -2.01.